The first-order valence-corrected chi connectivity index (χ1v) is 15.8. The summed E-state index contributed by atoms with van der Waals surface area (Å²) in [5, 5.41) is 1.77. The topological polar surface area (TPSA) is 129 Å². The number of rotatable bonds is 9. The normalized spacial score (nSPS) is 14.6. The number of benzene rings is 3. The number of likely N-dealkylation sites (N-methyl/N-ethyl adjacent to an activating group) is 1. The van der Waals surface area contributed by atoms with Crippen molar-refractivity contribution in [3.8, 4) is 11.1 Å². The Morgan fingerprint density at radius 3 is 2.51 bits per heavy atom. The number of amides is 2. The Hall–Kier alpha value is -3.60. The number of nitrogens with one attached hydrogen (secondary N) is 2. The van der Waals surface area contributed by atoms with Crippen LogP contribution in [0.1, 0.15) is 27.9 Å². The second-order valence-corrected chi connectivity index (χ2v) is 12.8. The number of hydrogen-bond donors (Lipinski definition) is 3. The van der Waals surface area contributed by atoms with Crippen LogP contribution in [-0.4, -0.2) is 79.9 Å². The second kappa shape index (κ2) is 11.7. The van der Waals surface area contributed by atoms with Crippen LogP contribution in [0.4, 0.5) is 5.69 Å². The maximum atomic E-state index is 13.3. The van der Waals surface area contributed by atoms with Crippen molar-refractivity contribution in [2.75, 3.05) is 49.6 Å². The number of alkyl halides is 1. The molecule has 3 aromatic carbocycles. The van der Waals surface area contributed by atoms with E-state index in [4.69, 9.17) is 17.3 Å². The Bertz CT molecular complexity index is 1740. The molecule has 11 heteroatoms. The molecule has 0 radical (unpaired) electrons. The van der Waals surface area contributed by atoms with Gasteiger partial charge in [0, 0.05) is 53.9 Å². The highest BCUT2D eigenvalue weighted by atomic mass is 35.5. The highest BCUT2D eigenvalue weighted by Gasteiger charge is 2.23. The molecular weight excluding hydrogens is 562 g/mol. The zero-order valence-corrected chi connectivity index (χ0v) is 24.7. The molecule has 1 aromatic heterocycles. The first-order valence-electron chi connectivity index (χ1n) is 13.6. The van der Waals surface area contributed by atoms with Gasteiger partial charge in [0.15, 0.2) is 0 Å². The summed E-state index contributed by atoms with van der Waals surface area (Å²) in [4.78, 5) is 32.7. The molecule has 216 valence electrons. The minimum Gasteiger partial charge on any atom is -0.369 e. The van der Waals surface area contributed by atoms with E-state index in [-0.39, 0.29) is 24.0 Å². The van der Waals surface area contributed by atoms with Crippen molar-refractivity contribution < 1.29 is 18.0 Å². The number of nitrogens with zero attached hydrogens (tertiary/aromatic N) is 2. The zero-order valence-electron chi connectivity index (χ0n) is 23.2. The van der Waals surface area contributed by atoms with Crippen molar-refractivity contribution in [3.63, 3.8) is 0 Å². The summed E-state index contributed by atoms with van der Waals surface area (Å²) in [6.07, 6.45) is 0.405. The molecule has 0 bridgehead atoms. The number of primary amides is 1. The third-order valence-corrected chi connectivity index (χ3v) is 9.30. The van der Waals surface area contributed by atoms with Crippen molar-refractivity contribution in [2.24, 2.45) is 5.73 Å². The van der Waals surface area contributed by atoms with Crippen LogP contribution in [-0.2, 0) is 21.2 Å². The Kier molecular flexibility index (Phi) is 8.26. The fraction of sp³-hybridized carbons (Fsp3) is 0.333. The number of carbonyl (C=O) groups is 2. The van der Waals surface area contributed by atoms with E-state index in [2.05, 4.69) is 14.6 Å². The minimum atomic E-state index is -3.56. The van der Waals surface area contributed by atoms with E-state index >= 15 is 0 Å². The molecule has 0 saturated carbocycles. The molecule has 41 heavy (non-hydrogen) atoms. The van der Waals surface area contributed by atoms with E-state index in [1.54, 1.807) is 6.07 Å². The van der Waals surface area contributed by atoms with Crippen molar-refractivity contribution in [1.29, 1.82) is 0 Å². The van der Waals surface area contributed by atoms with Gasteiger partial charge in [-0.25, -0.2) is 8.42 Å². The van der Waals surface area contributed by atoms with Crippen molar-refractivity contribution in [2.45, 2.75) is 19.8 Å². The number of sulfonamides is 1. The van der Waals surface area contributed by atoms with Gasteiger partial charge in [-0.15, -0.1) is 11.6 Å². The quantitative estimate of drug-likeness (QED) is 0.251. The third kappa shape index (κ3) is 6.05. The molecule has 2 heterocycles. The molecule has 9 nitrogen and oxygen atoms in total. The summed E-state index contributed by atoms with van der Waals surface area (Å²) in [5.41, 5.74) is 11.4. The van der Waals surface area contributed by atoms with Crippen molar-refractivity contribution >= 4 is 60.9 Å². The average Bonchev–Trinajstić information content (AvgIpc) is 3.33. The summed E-state index contributed by atoms with van der Waals surface area (Å²) < 4.78 is 27.9. The number of fused-ring (bicyclic) bond motifs is 3. The van der Waals surface area contributed by atoms with E-state index in [9.17, 15) is 18.0 Å². The van der Waals surface area contributed by atoms with Crippen LogP contribution in [0.5, 0.6) is 0 Å². The van der Waals surface area contributed by atoms with Gasteiger partial charge in [0.25, 0.3) is 5.91 Å². The molecule has 0 spiro atoms. The number of H-pyrrole nitrogens is 1. The van der Waals surface area contributed by atoms with Crippen LogP contribution in [0.25, 0.3) is 32.9 Å². The number of anilines is 1. The van der Waals surface area contributed by atoms with E-state index in [0.29, 0.717) is 30.8 Å². The number of nitrogens with two attached hydrogens (primary N) is 1. The standard InChI is InChI=1S/C30H34ClN5O4S/c1-19-22(5-3-6-25(19)34-41(39,40)16-4-11-31)23-9-7-20(18-27(32)37)29-28(23)24-10-8-21(17-26(24)33-29)30(38)36-14-12-35(2)13-15-36/h3,5-10,17,33-34H,4,11-16,18H2,1-2H3,(H2,32,37). The smallest absolute Gasteiger partial charge is 0.254 e. The molecule has 4 aromatic rings. The Balaban J connectivity index is 1.62. The fourth-order valence-corrected chi connectivity index (χ4v) is 6.93. The lowest BCUT2D eigenvalue weighted by atomic mass is 9.93. The molecule has 1 fully saturated rings. The van der Waals surface area contributed by atoms with E-state index in [1.807, 2.05) is 61.3 Å². The maximum absolute atomic E-state index is 13.3. The van der Waals surface area contributed by atoms with Crippen molar-refractivity contribution in [3.05, 3.63) is 65.2 Å². The summed E-state index contributed by atoms with van der Waals surface area (Å²) in [7, 11) is -1.51. The molecule has 1 aliphatic heterocycles. The summed E-state index contributed by atoms with van der Waals surface area (Å²) in [6.45, 7) is 4.90. The van der Waals surface area contributed by atoms with Crippen LogP contribution < -0.4 is 10.5 Å². The van der Waals surface area contributed by atoms with Gasteiger partial charge in [-0.3, -0.25) is 14.3 Å². The second-order valence-electron chi connectivity index (χ2n) is 10.6. The van der Waals surface area contributed by atoms with Gasteiger partial charge < -0.3 is 20.5 Å². The van der Waals surface area contributed by atoms with Gasteiger partial charge in [0.2, 0.25) is 15.9 Å². The van der Waals surface area contributed by atoms with Crippen molar-refractivity contribution in [1.82, 2.24) is 14.8 Å². The highest BCUT2D eigenvalue weighted by Crippen LogP contribution is 2.39. The van der Waals surface area contributed by atoms with Crippen LogP contribution in [0.2, 0.25) is 0 Å². The van der Waals surface area contributed by atoms with Crippen LogP contribution in [0.15, 0.2) is 48.5 Å². The molecular formula is C30H34ClN5O4S. The van der Waals surface area contributed by atoms with Crippen LogP contribution >= 0.6 is 11.6 Å². The van der Waals surface area contributed by atoms with E-state index < -0.39 is 15.9 Å². The van der Waals surface area contributed by atoms with Gasteiger partial charge in [-0.05, 0) is 60.8 Å². The van der Waals surface area contributed by atoms with Gasteiger partial charge in [0.1, 0.15) is 0 Å². The van der Waals surface area contributed by atoms with Gasteiger partial charge >= 0.3 is 0 Å². The number of piperazine rings is 1. The number of aromatic amines is 1. The number of carbonyl (C=O) groups excluding carboxylic acids is 2. The predicted octanol–water partition coefficient (Wildman–Crippen LogP) is 4.08. The monoisotopic (exact) mass is 595 g/mol. The third-order valence-electron chi connectivity index (χ3n) is 7.68. The Labute approximate surface area is 244 Å². The molecule has 4 N–H and O–H groups in total. The maximum Gasteiger partial charge on any atom is 0.254 e. The zero-order chi connectivity index (χ0) is 29.3. The average molecular weight is 596 g/mol. The molecule has 2 amide bonds. The van der Waals surface area contributed by atoms with Crippen LogP contribution in [0, 0.1) is 6.92 Å². The van der Waals surface area contributed by atoms with E-state index in [1.165, 1.54) is 0 Å². The molecule has 1 aliphatic rings. The van der Waals surface area contributed by atoms with Gasteiger partial charge in [-0.2, -0.15) is 0 Å². The molecule has 0 atom stereocenters. The molecule has 5 rings (SSSR count). The first kappa shape index (κ1) is 28.9. The Morgan fingerprint density at radius 2 is 1.80 bits per heavy atom. The largest absolute Gasteiger partial charge is 0.369 e. The fourth-order valence-electron chi connectivity index (χ4n) is 5.45. The summed E-state index contributed by atoms with van der Waals surface area (Å²) in [6, 6.07) is 14.9. The lowest BCUT2D eigenvalue weighted by Gasteiger charge is -2.32. The number of hydrogen-bond acceptors (Lipinski definition) is 5. The lowest BCUT2D eigenvalue weighted by Crippen LogP contribution is -2.47. The number of aromatic nitrogens is 1. The lowest BCUT2D eigenvalue weighted by molar-refractivity contribution is -0.117. The first-order chi connectivity index (χ1) is 19.6. The SMILES string of the molecule is Cc1c(NS(=O)(=O)CCCCl)cccc1-c1ccc(CC(N)=O)c2[nH]c3cc(C(=O)N4CCN(C)CC4)ccc3c12. The van der Waals surface area contributed by atoms with Crippen LogP contribution in [0.3, 0.4) is 0 Å². The molecule has 0 unspecified atom stereocenters. The molecule has 0 aliphatic carbocycles. The minimum absolute atomic E-state index is 0.0127. The van der Waals surface area contributed by atoms with Gasteiger partial charge in [0.05, 0.1) is 23.4 Å². The van der Waals surface area contributed by atoms with E-state index in [0.717, 1.165) is 57.1 Å². The Morgan fingerprint density at radius 1 is 1.05 bits per heavy atom. The highest BCUT2D eigenvalue weighted by molar-refractivity contribution is 7.92. The number of halogens is 1. The summed E-state index contributed by atoms with van der Waals surface area (Å²) >= 11 is 5.71. The van der Waals surface area contributed by atoms with Gasteiger partial charge in [-0.1, -0.05) is 30.3 Å². The predicted molar refractivity (Wildman–Crippen MR) is 165 cm³/mol. The molecule has 1 saturated heterocycles. The summed E-state index contributed by atoms with van der Waals surface area (Å²) in [5.74, 6) is -0.266.